The molecule has 0 saturated carbocycles. The van der Waals surface area contributed by atoms with Gasteiger partial charge in [0.15, 0.2) is 0 Å². The fourth-order valence-electron chi connectivity index (χ4n) is 5.01. The van der Waals surface area contributed by atoms with Gasteiger partial charge in [-0.15, -0.1) is 0 Å². The lowest BCUT2D eigenvalue weighted by Gasteiger charge is -2.38. The first-order valence-electron chi connectivity index (χ1n) is 11.9. The van der Waals surface area contributed by atoms with Crippen LogP contribution in [0, 0.1) is 0 Å². The van der Waals surface area contributed by atoms with Crippen LogP contribution in [0.15, 0.2) is 24.4 Å². The zero-order chi connectivity index (χ0) is 23.4. The third kappa shape index (κ3) is 5.73. The largest absolute Gasteiger partial charge is 0.353 e. The topological polar surface area (TPSA) is 110 Å². The molecule has 10 nitrogen and oxygen atoms in total. The van der Waals surface area contributed by atoms with E-state index >= 15 is 0 Å². The van der Waals surface area contributed by atoms with Crippen LogP contribution >= 0.6 is 0 Å². The molecule has 4 amide bonds. The lowest BCUT2D eigenvalue weighted by Crippen LogP contribution is -2.58. The number of carbonyl (C=O) groups is 3. The number of rotatable bonds is 6. The smallest absolute Gasteiger partial charge is 0.315 e. The molecule has 0 aliphatic carbocycles. The lowest BCUT2D eigenvalue weighted by atomic mass is 10.0. The van der Waals surface area contributed by atoms with Crippen molar-refractivity contribution in [3.8, 4) is 0 Å². The number of aromatic nitrogens is 1. The Kier molecular flexibility index (Phi) is 7.32. The van der Waals surface area contributed by atoms with E-state index in [9.17, 15) is 14.4 Å². The molecular weight excluding hydrogens is 422 g/mol. The second-order valence-electron chi connectivity index (χ2n) is 9.41. The van der Waals surface area contributed by atoms with Gasteiger partial charge < -0.3 is 25.8 Å². The molecule has 3 fully saturated rings. The second-order valence-corrected chi connectivity index (χ2v) is 9.41. The van der Waals surface area contributed by atoms with Crippen LogP contribution < -0.4 is 20.9 Å². The minimum atomic E-state index is -0.245. The van der Waals surface area contributed by atoms with Gasteiger partial charge in [-0.1, -0.05) is 6.07 Å². The van der Waals surface area contributed by atoms with Crippen molar-refractivity contribution in [1.29, 1.82) is 0 Å². The third-order valence-corrected chi connectivity index (χ3v) is 6.67. The molecule has 0 aromatic carbocycles. The van der Waals surface area contributed by atoms with E-state index in [0.29, 0.717) is 45.4 Å². The van der Waals surface area contributed by atoms with Gasteiger partial charge in [0.05, 0.1) is 6.04 Å². The number of carbonyl (C=O) groups excluding carboxylic acids is 3. The maximum absolute atomic E-state index is 12.9. The highest BCUT2D eigenvalue weighted by molar-refractivity contribution is 5.83. The Labute approximate surface area is 195 Å². The highest BCUT2D eigenvalue weighted by Crippen LogP contribution is 2.26. The Bertz CT molecular complexity index is 842. The molecule has 4 heterocycles. The maximum atomic E-state index is 12.9. The number of pyridine rings is 1. The standard InChI is InChI=1S/C23H35N7O3/c1-16(2)26-23(33)27-17-13-19-22(32)25-14-18(30(19)15-17)6-7-21(31)29-11-9-28(10-12-29)20-5-3-4-8-24-20/h3-5,8,16-19H,6-7,9-15H2,1-2H3,(H,25,32)(H2,26,27,33). The zero-order valence-corrected chi connectivity index (χ0v) is 19.5. The number of nitrogens with one attached hydrogen (secondary N) is 3. The minimum Gasteiger partial charge on any atom is -0.353 e. The maximum Gasteiger partial charge on any atom is 0.315 e. The summed E-state index contributed by atoms with van der Waals surface area (Å²) >= 11 is 0. The van der Waals surface area contributed by atoms with Crippen LogP contribution in [0.2, 0.25) is 0 Å². The normalized spacial score (nSPS) is 25.5. The molecule has 3 unspecified atom stereocenters. The fraction of sp³-hybridized carbons (Fsp3) is 0.652. The number of hydrogen-bond acceptors (Lipinski definition) is 6. The molecule has 3 aliphatic heterocycles. The molecule has 33 heavy (non-hydrogen) atoms. The summed E-state index contributed by atoms with van der Waals surface area (Å²) in [6, 6.07) is 5.52. The highest BCUT2D eigenvalue weighted by Gasteiger charge is 2.44. The molecular formula is C23H35N7O3. The molecule has 10 heteroatoms. The molecule has 3 aliphatic rings. The summed E-state index contributed by atoms with van der Waals surface area (Å²) in [7, 11) is 0. The molecule has 180 valence electrons. The number of nitrogens with zero attached hydrogens (tertiary/aromatic N) is 4. The first-order chi connectivity index (χ1) is 15.9. The van der Waals surface area contributed by atoms with E-state index in [1.54, 1.807) is 6.20 Å². The number of amides is 4. The van der Waals surface area contributed by atoms with Gasteiger partial charge in [-0.05, 0) is 38.8 Å². The van der Waals surface area contributed by atoms with Crippen molar-refractivity contribution in [1.82, 2.24) is 30.7 Å². The number of fused-ring (bicyclic) bond motifs is 1. The number of piperazine rings is 2. The first-order valence-corrected chi connectivity index (χ1v) is 11.9. The average Bonchev–Trinajstić information content (AvgIpc) is 3.23. The minimum absolute atomic E-state index is 0.0109. The Balaban J connectivity index is 1.25. The molecule has 1 aromatic rings. The molecule has 3 saturated heterocycles. The van der Waals surface area contributed by atoms with Gasteiger partial charge in [0.2, 0.25) is 11.8 Å². The van der Waals surface area contributed by atoms with Gasteiger partial charge in [-0.3, -0.25) is 14.5 Å². The van der Waals surface area contributed by atoms with Crippen LogP contribution in [-0.2, 0) is 9.59 Å². The first kappa shape index (κ1) is 23.3. The van der Waals surface area contributed by atoms with Crippen molar-refractivity contribution in [2.45, 2.75) is 57.3 Å². The van der Waals surface area contributed by atoms with Crippen molar-refractivity contribution in [3.63, 3.8) is 0 Å². The fourth-order valence-corrected chi connectivity index (χ4v) is 5.01. The predicted octanol–water partition coefficient (Wildman–Crippen LogP) is 0.159. The Morgan fingerprint density at radius 3 is 2.70 bits per heavy atom. The lowest BCUT2D eigenvalue weighted by molar-refractivity contribution is -0.132. The van der Waals surface area contributed by atoms with Crippen molar-refractivity contribution >= 4 is 23.7 Å². The van der Waals surface area contributed by atoms with E-state index in [-0.39, 0.29) is 42.0 Å². The van der Waals surface area contributed by atoms with E-state index < -0.39 is 0 Å². The Morgan fingerprint density at radius 1 is 1.21 bits per heavy atom. The van der Waals surface area contributed by atoms with E-state index in [0.717, 1.165) is 18.9 Å². The second kappa shape index (κ2) is 10.4. The summed E-state index contributed by atoms with van der Waals surface area (Å²) in [5, 5.41) is 8.81. The van der Waals surface area contributed by atoms with Crippen molar-refractivity contribution in [2.75, 3.05) is 44.2 Å². The zero-order valence-electron chi connectivity index (χ0n) is 19.5. The van der Waals surface area contributed by atoms with Gasteiger partial charge >= 0.3 is 6.03 Å². The molecule has 3 atom stereocenters. The van der Waals surface area contributed by atoms with Crippen LogP contribution in [0.3, 0.4) is 0 Å². The third-order valence-electron chi connectivity index (χ3n) is 6.67. The monoisotopic (exact) mass is 457 g/mol. The Morgan fingerprint density at radius 2 is 2.00 bits per heavy atom. The summed E-state index contributed by atoms with van der Waals surface area (Å²) in [6.07, 6.45) is 3.54. The van der Waals surface area contributed by atoms with Gasteiger partial charge in [-0.2, -0.15) is 0 Å². The summed E-state index contributed by atoms with van der Waals surface area (Å²) in [4.78, 5) is 48.1. The number of anilines is 1. The summed E-state index contributed by atoms with van der Waals surface area (Å²) in [5.74, 6) is 1.12. The van der Waals surface area contributed by atoms with Gasteiger partial charge in [-0.25, -0.2) is 9.78 Å². The number of hydrogen-bond donors (Lipinski definition) is 3. The number of urea groups is 1. The molecule has 1 aromatic heterocycles. The van der Waals surface area contributed by atoms with Crippen molar-refractivity contribution in [3.05, 3.63) is 24.4 Å². The Hall–Kier alpha value is -2.88. The van der Waals surface area contributed by atoms with Gasteiger partial charge in [0.25, 0.3) is 0 Å². The van der Waals surface area contributed by atoms with Crippen LogP contribution in [0.25, 0.3) is 0 Å². The summed E-state index contributed by atoms with van der Waals surface area (Å²) < 4.78 is 0. The average molecular weight is 458 g/mol. The summed E-state index contributed by atoms with van der Waals surface area (Å²) in [6.45, 7) is 7.95. The van der Waals surface area contributed by atoms with E-state index in [1.807, 2.05) is 36.9 Å². The van der Waals surface area contributed by atoms with E-state index in [2.05, 4.69) is 30.7 Å². The highest BCUT2D eigenvalue weighted by atomic mass is 16.2. The van der Waals surface area contributed by atoms with Gasteiger partial charge in [0, 0.05) is 70.0 Å². The molecule has 0 bridgehead atoms. The predicted molar refractivity (Wildman–Crippen MR) is 125 cm³/mol. The quantitative estimate of drug-likeness (QED) is 0.561. The van der Waals surface area contributed by atoms with Crippen molar-refractivity contribution < 1.29 is 14.4 Å². The molecule has 3 N–H and O–H groups in total. The molecule has 0 spiro atoms. The van der Waals surface area contributed by atoms with Crippen molar-refractivity contribution in [2.24, 2.45) is 0 Å². The summed E-state index contributed by atoms with van der Waals surface area (Å²) in [5.41, 5.74) is 0. The van der Waals surface area contributed by atoms with E-state index in [1.165, 1.54) is 0 Å². The van der Waals surface area contributed by atoms with Crippen LogP contribution in [0.5, 0.6) is 0 Å². The van der Waals surface area contributed by atoms with Crippen LogP contribution in [-0.4, -0.2) is 96.1 Å². The van der Waals surface area contributed by atoms with Gasteiger partial charge in [0.1, 0.15) is 5.82 Å². The SMILES string of the molecule is CC(C)NC(=O)NC1CC2C(=O)NCC(CCC(=O)N3CCN(c4ccccn4)CC3)N2C1. The van der Waals surface area contributed by atoms with E-state index in [4.69, 9.17) is 0 Å². The van der Waals surface area contributed by atoms with Crippen LogP contribution in [0.1, 0.15) is 33.1 Å². The van der Waals surface area contributed by atoms with Crippen LogP contribution in [0.4, 0.5) is 10.6 Å². The molecule has 0 radical (unpaired) electrons. The molecule has 4 rings (SSSR count).